The second-order valence-electron chi connectivity index (χ2n) is 6.25. The van der Waals surface area contributed by atoms with Gasteiger partial charge in [0.15, 0.2) is 0 Å². The Balaban J connectivity index is 0. The van der Waals surface area contributed by atoms with Gasteiger partial charge in [-0.25, -0.2) is 8.42 Å². The summed E-state index contributed by atoms with van der Waals surface area (Å²) in [6.45, 7) is 2.78. The molecule has 0 aliphatic heterocycles. The van der Waals surface area contributed by atoms with Crippen molar-refractivity contribution in [2.45, 2.75) is 77.2 Å². The van der Waals surface area contributed by atoms with Crippen LogP contribution in [0.2, 0.25) is 0 Å². The molecule has 0 amide bonds. The molecule has 0 spiro atoms. The molecule has 0 aromatic heterocycles. The molecular weight excluding hydrogens is 341 g/mol. The molecule has 0 aromatic rings. The quantitative estimate of drug-likeness (QED) is 0.172. The minimum absolute atomic E-state index is 0. The van der Waals surface area contributed by atoms with Gasteiger partial charge in [0.05, 0.1) is 6.61 Å². The SMILES string of the molecule is CCCCCCCCCCCCN(C)CC(CO)OS(=O)(=O)[O-].[Na+]. The topological polar surface area (TPSA) is 89.9 Å². The van der Waals surface area contributed by atoms with Crippen molar-refractivity contribution in [2.24, 2.45) is 0 Å². The maximum absolute atomic E-state index is 10.5. The smallest absolute Gasteiger partial charge is 0.726 e. The van der Waals surface area contributed by atoms with Gasteiger partial charge in [-0.05, 0) is 20.0 Å². The van der Waals surface area contributed by atoms with E-state index in [9.17, 15) is 13.0 Å². The van der Waals surface area contributed by atoms with E-state index in [-0.39, 0.29) is 36.1 Å². The molecule has 0 rings (SSSR count). The van der Waals surface area contributed by atoms with Crippen molar-refractivity contribution in [1.29, 1.82) is 0 Å². The van der Waals surface area contributed by atoms with Crippen LogP contribution in [0.15, 0.2) is 0 Å². The van der Waals surface area contributed by atoms with Crippen LogP contribution >= 0.6 is 0 Å². The van der Waals surface area contributed by atoms with Crippen LogP contribution < -0.4 is 29.6 Å². The first kappa shape index (κ1) is 27.0. The van der Waals surface area contributed by atoms with Crippen LogP contribution in [0.3, 0.4) is 0 Å². The van der Waals surface area contributed by atoms with Crippen molar-refractivity contribution in [3.05, 3.63) is 0 Å². The Morgan fingerprint density at radius 1 is 1.00 bits per heavy atom. The standard InChI is InChI=1S/C16H35NO5S.Na/c1-3-4-5-6-7-8-9-10-11-12-13-17(2)14-16(15-18)22-23(19,20)21;/h16,18H,3-15H2,1-2H3,(H,19,20,21);/q;+1/p-1. The maximum Gasteiger partial charge on any atom is 1.00 e. The molecule has 140 valence electrons. The molecule has 0 aliphatic carbocycles. The van der Waals surface area contributed by atoms with Crippen LogP contribution in [0.5, 0.6) is 0 Å². The number of hydrogen-bond acceptors (Lipinski definition) is 6. The Morgan fingerprint density at radius 2 is 1.46 bits per heavy atom. The molecule has 1 N–H and O–H groups in total. The summed E-state index contributed by atoms with van der Waals surface area (Å²) in [5.74, 6) is 0. The number of unbranched alkanes of at least 4 members (excludes halogenated alkanes) is 9. The van der Waals surface area contributed by atoms with Crippen molar-refractivity contribution >= 4 is 10.4 Å². The van der Waals surface area contributed by atoms with E-state index in [1.807, 2.05) is 11.9 Å². The van der Waals surface area contributed by atoms with Gasteiger partial charge in [-0.2, -0.15) is 0 Å². The fraction of sp³-hybridized carbons (Fsp3) is 1.00. The van der Waals surface area contributed by atoms with Crippen molar-refractivity contribution in [2.75, 3.05) is 26.7 Å². The summed E-state index contributed by atoms with van der Waals surface area (Å²) in [6.07, 6.45) is 11.7. The van der Waals surface area contributed by atoms with Crippen LogP contribution in [0.1, 0.15) is 71.1 Å². The third-order valence-electron chi connectivity index (χ3n) is 3.87. The van der Waals surface area contributed by atoms with Crippen LogP contribution in [0.4, 0.5) is 0 Å². The summed E-state index contributed by atoms with van der Waals surface area (Å²) in [7, 11) is -2.93. The molecule has 0 radical (unpaired) electrons. The molecule has 0 saturated heterocycles. The van der Waals surface area contributed by atoms with Crippen LogP contribution in [-0.2, 0) is 14.6 Å². The molecule has 0 heterocycles. The molecule has 1 atom stereocenters. The van der Waals surface area contributed by atoms with Crippen LogP contribution in [-0.4, -0.2) is 55.8 Å². The number of aliphatic hydroxyl groups is 1. The van der Waals surface area contributed by atoms with Gasteiger partial charge < -0.3 is 14.6 Å². The summed E-state index contributed by atoms with van der Waals surface area (Å²) in [4.78, 5) is 1.89. The van der Waals surface area contributed by atoms with Gasteiger partial charge in [-0.15, -0.1) is 0 Å². The summed E-state index contributed by atoms with van der Waals surface area (Å²) in [6, 6.07) is 0. The maximum atomic E-state index is 10.5. The first-order valence-corrected chi connectivity index (χ1v) is 10.2. The molecule has 0 aromatic carbocycles. The molecule has 0 aliphatic rings. The number of rotatable bonds is 16. The van der Waals surface area contributed by atoms with Gasteiger partial charge >= 0.3 is 29.6 Å². The van der Waals surface area contributed by atoms with Gasteiger partial charge in [0.1, 0.15) is 6.10 Å². The first-order valence-electron chi connectivity index (χ1n) is 8.82. The third kappa shape index (κ3) is 19.1. The van der Waals surface area contributed by atoms with Gasteiger partial charge in [-0.3, -0.25) is 4.18 Å². The number of aliphatic hydroxyl groups excluding tert-OH is 1. The zero-order valence-electron chi connectivity index (χ0n) is 15.7. The van der Waals surface area contributed by atoms with Gasteiger partial charge in [-0.1, -0.05) is 64.7 Å². The van der Waals surface area contributed by atoms with Crippen molar-refractivity contribution in [3.63, 3.8) is 0 Å². The van der Waals surface area contributed by atoms with E-state index in [1.54, 1.807) is 0 Å². The van der Waals surface area contributed by atoms with Crippen LogP contribution in [0, 0.1) is 0 Å². The normalized spacial score (nSPS) is 13.0. The zero-order chi connectivity index (χ0) is 17.6. The Bertz CT molecular complexity index is 367. The second kappa shape index (κ2) is 17.2. The molecule has 24 heavy (non-hydrogen) atoms. The molecule has 0 bridgehead atoms. The second-order valence-corrected chi connectivity index (χ2v) is 7.26. The average molecular weight is 376 g/mol. The Morgan fingerprint density at radius 3 is 1.88 bits per heavy atom. The molecular formula is C16H34NNaO5S. The van der Waals surface area contributed by atoms with Crippen molar-refractivity contribution < 1.29 is 51.8 Å². The fourth-order valence-corrected chi connectivity index (χ4v) is 3.05. The van der Waals surface area contributed by atoms with Gasteiger partial charge in [0.25, 0.3) is 0 Å². The summed E-state index contributed by atoms with van der Waals surface area (Å²) < 4.78 is 35.8. The molecule has 0 fully saturated rings. The average Bonchev–Trinajstić information content (AvgIpc) is 2.47. The van der Waals surface area contributed by atoms with E-state index in [2.05, 4.69) is 11.1 Å². The Labute approximate surface area is 170 Å². The fourth-order valence-electron chi connectivity index (χ4n) is 2.59. The monoisotopic (exact) mass is 375 g/mol. The third-order valence-corrected chi connectivity index (χ3v) is 4.37. The summed E-state index contributed by atoms with van der Waals surface area (Å²) in [5, 5.41) is 9.03. The largest absolute Gasteiger partial charge is 1.00 e. The van der Waals surface area contributed by atoms with E-state index in [0.717, 1.165) is 19.4 Å². The Kier molecular flexibility index (Phi) is 19.4. The Hall–Kier alpha value is 0.790. The number of likely N-dealkylation sites (N-methyl/N-ethyl adjacent to an activating group) is 1. The minimum Gasteiger partial charge on any atom is -0.726 e. The van der Waals surface area contributed by atoms with Gasteiger partial charge in [0, 0.05) is 6.54 Å². The van der Waals surface area contributed by atoms with E-state index in [0.29, 0.717) is 0 Å². The van der Waals surface area contributed by atoms with E-state index in [4.69, 9.17) is 5.11 Å². The van der Waals surface area contributed by atoms with E-state index < -0.39 is 23.1 Å². The first-order chi connectivity index (χ1) is 10.9. The summed E-state index contributed by atoms with van der Waals surface area (Å²) >= 11 is 0. The molecule has 0 saturated carbocycles. The number of nitrogens with zero attached hydrogens (tertiary/aromatic N) is 1. The summed E-state index contributed by atoms with van der Waals surface area (Å²) in [5.41, 5.74) is 0. The van der Waals surface area contributed by atoms with Crippen molar-refractivity contribution in [3.8, 4) is 0 Å². The predicted molar refractivity (Wildman–Crippen MR) is 91.0 cm³/mol. The van der Waals surface area contributed by atoms with Crippen LogP contribution in [0.25, 0.3) is 0 Å². The van der Waals surface area contributed by atoms with E-state index in [1.165, 1.54) is 51.4 Å². The van der Waals surface area contributed by atoms with E-state index >= 15 is 0 Å². The zero-order valence-corrected chi connectivity index (χ0v) is 18.5. The number of hydrogen-bond donors (Lipinski definition) is 1. The predicted octanol–water partition coefficient (Wildman–Crippen LogP) is -0.319. The van der Waals surface area contributed by atoms with Gasteiger partial charge in [0.2, 0.25) is 10.4 Å². The molecule has 1 unspecified atom stereocenters. The molecule has 8 heteroatoms. The minimum atomic E-state index is -4.76. The molecule has 6 nitrogen and oxygen atoms in total. The van der Waals surface area contributed by atoms with Crippen molar-refractivity contribution in [1.82, 2.24) is 4.90 Å².